The summed E-state index contributed by atoms with van der Waals surface area (Å²) >= 11 is 0. The van der Waals surface area contributed by atoms with Gasteiger partial charge in [-0.05, 0) is 81.7 Å². The lowest BCUT2D eigenvalue weighted by atomic mass is 9.54. The van der Waals surface area contributed by atoms with Crippen LogP contribution in [0, 0.1) is 17.3 Å². The molecule has 4 heterocycles. The topological polar surface area (TPSA) is 6.48 Å². The first kappa shape index (κ1) is 21.3. The first-order chi connectivity index (χ1) is 14.8. The van der Waals surface area contributed by atoms with E-state index in [9.17, 15) is 0 Å². The van der Waals surface area contributed by atoms with Crippen LogP contribution in [0.2, 0.25) is 0 Å². The molecule has 1 saturated carbocycles. The largest absolute Gasteiger partial charge is 0.302 e. The van der Waals surface area contributed by atoms with Crippen molar-refractivity contribution in [1.29, 1.82) is 0 Å². The van der Waals surface area contributed by atoms with Gasteiger partial charge < -0.3 is 4.90 Å². The summed E-state index contributed by atoms with van der Waals surface area (Å²) in [5.74, 6) is 1.93. The molecule has 5 atom stereocenters. The molecule has 168 valence electrons. The summed E-state index contributed by atoms with van der Waals surface area (Å²) in [6, 6.07) is 0.777. The number of allylic oxidation sites excluding steroid dienone is 3. The lowest BCUT2D eigenvalue weighted by molar-refractivity contribution is -0.109. The van der Waals surface area contributed by atoms with Gasteiger partial charge in [0.05, 0.1) is 0 Å². The summed E-state index contributed by atoms with van der Waals surface area (Å²) in [5, 5.41) is 0. The van der Waals surface area contributed by atoms with E-state index in [-0.39, 0.29) is 0 Å². The normalized spacial score (nSPS) is 44.2. The minimum atomic E-state index is 0.595. The summed E-state index contributed by atoms with van der Waals surface area (Å²) in [4.78, 5) is 5.93. The van der Waals surface area contributed by atoms with Crippen molar-refractivity contribution in [2.24, 2.45) is 17.3 Å². The maximum Gasteiger partial charge on any atom is 0.0310 e. The molecule has 1 spiro atoms. The van der Waals surface area contributed by atoms with Gasteiger partial charge in [0.15, 0.2) is 0 Å². The van der Waals surface area contributed by atoms with Gasteiger partial charge in [-0.15, -0.1) is 0 Å². The van der Waals surface area contributed by atoms with Crippen molar-refractivity contribution in [3.63, 3.8) is 0 Å². The Morgan fingerprint density at radius 3 is 2.50 bits per heavy atom. The zero-order chi connectivity index (χ0) is 20.2. The molecule has 5 aliphatic rings. The van der Waals surface area contributed by atoms with Gasteiger partial charge in [-0.2, -0.15) is 0 Å². The minimum absolute atomic E-state index is 0.595. The summed E-state index contributed by atoms with van der Waals surface area (Å²) in [6.45, 7) is 6.93. The lowest BCUT2D eigenvalue weighted by Crippen LogP contribution is -2.66. The van der Waals surface area contributed by atoms with E-state index in [4.69, 9.17) is 0 Å². The van der Waals surface area contributed by atoms with Crippen LogP contribution in [0.3, 0.4) is 0 Å². The van der Waals surface area contributed by atoms with Gasteiger partial charge in [0, 0.05) is 25.7 Å². The fraction of sp³-hybridized carbons (Fsp3) is 0.857. The van der Waals surface area contributed by atoms with E-state index < -0.39 is 0 Å². The van der Waals surface area contributed by atoms with E-state index in [0.717, 1.165) is 17.9 Å². The summed E-state index contributed by atoms with van der Waals surface area (Å²) in [7, 11) is 0. The number of hydrogen-bond acceptors (Lipinski definition) is 2. The van der Waals surface area contributed by atoms with Gasteiger partial charge in [-0.25, -0.2) is 0 Å². The Morgan fingerprint density at radius 1 is 0.800 bits per heavy atom. The molecule has 0 aromatic rings. The Labute approximate surface area is 186 Å². The van der Waals surface area contributed by atoms with Crippen molar-refractivity contribution in [1.82, 2.24) is 9.80 Å². The highest BCUT2D eigenvalue weighted by Crippen LogP contribution is 2.55. The third-order valence-corrected chi connectivity index (χ3v) is 9.40. The van der Waals surface area contributed by atoms with Crippen molar-refractivity contribution >= 4 is 0 Å². The van der Waals surface area contributed by atoms with Crippen LogP contribution < -0.4 is 0 Å². The maximum atomic E-state index is 2.99. The molecule has 0 amide bonds. The standard InChI is InChI=1S/C28H46N2/c1-2-5-9-13-17-29-21-25-19-24-15-11-7-3-6-10-14-18-30-23-28(22-29,16-12-8-4-1)26(25)20-27(24)30/h3,7,15,25-27H,1-2,4-6,8-14,16-23H2/b7-3-,24-15+/t25-,26-,27+,28-/m1/s1. The van der Waals surface area contributed by atoms with Crippen LogP contribution in [0.1, 0.15) is 96.3 Å². The van der Waals surface area contributed by atoms with E-state index in [0.29, 0.717) is 5.41 Å². The van der Waals surface area contributed by atoms with Crippen LogP contribution in [-0.2, 0) is 0 Å². The highest BCUT2D eigenvalue weighted by molar-refractivity contribution is 5.23. The molecule has 4 aliphatic heterocycles. The molecule has 30 heavy (non-hydrogen) atoms. The lowest BCUT2D eigenvalue weighted by Gasteiger charge is -2.62. The van der Waals surface area contributed by atoms with Crippen LogP contribution in [0.15, 0.2) is 23.8 Å². The monoisotopic (exact) mass is 410 g/mol. The average molecular weight is 411 g/mol. The molecule has 2 nitrogen and oxygen atoms in total. The zero-order valence-corrected chi connectivity index (χ0v) is 19.5. The van der Waals surface area contributed by atoms with Crippen molar-refractivity contribution in [2.75, 3.05) is 32.7 Å². The van der Waals surface area contributed by atoms with E-state index >= 15 is 0 Å². The molecule has 5 rings (SSSR count). The quantitative estimate of drug-likeness (QED) is 0.416. The van der Waals surface area contributed by atoms with E-state index in [2.05, 4.69) is 28.0 Å². The fourth-order valence-corrected chi connectivity index (χ4v) is 7.98. The number of fused-ring (bicyclic) bond motifs is 1. The van der Waals surface area contributed by atoms with Gasteiger partial charge in [0.25, 0.3) is 0 Å². The molecular weight excluding hydrogens is 364 g/mol. The highest BCUT2D eigenvalue weighted by Gasteiger charge is 2.55. The molecule has 4 bridgehead atoms. The summed E-state index contributed by atoms with van der Waals surface area (Å²) < 4.78 is 0. The third kappa shape index (κ3) is 4.60. The van der Waals surface area contributed by atoms with Crippen molar-refractivity contribution in [3.05, 3.63) is 23.8 Å². The van der Waals surface area contributed by atoms with Crippen LogP contribution in [0.4, 0.5) is 0 Å². The number of hydrogen-bond donors (Lipinski definition) is 0. The third-order valence-electron chi connectivity index (χ3n) is 9.40. The maximum absolute atomic E-state index is 2.99. The molecule has 0 aromatic carbocycles. The Morgan fingerprint density at radius 2 is 1.60 bits per heavy atom. The zero-order valence-electron chi connectivity index (χ0n) is 19.5. The molecule has 3 saturated heterocycles. The molecule has 1 aliphatic carbocycles. The van der Waals surface area contributed by atoms with Crippen molar-refractivity contribution in [3.8, 4) is 0 Å². The number of rotatable bonds is 0. The van der Waals surface area contributed by atoms with E-state index in [1.54, 1.807) is 0 Å². The number of piperidine rings is 2. The Bertz CT molecular complexity index is 622. The average Bonchev–Trinajstić information content (AvgIpc) is 2.78. The van der Waals surface area contributed by atoms with Gasteiger partial charge in [-0.1, -0.05) is 68.7 Å². The second kappa shape index (κ2) is 9.90. The number of nitrogens with zero attached hydrogens (tertiary/aromatic N) is 2. The summed E-state index contributed by atoms with van der Waals surface area (Å²) in [5.41, 5.74) is 2.41. The van der Waals surface area contributed by atoms with E-state index in [1.165, 1.54) is 129 Å². The van der Waals surface area contributed by atoms with Crippen LogP contribution in [0.5, 0.6) is 0 Å². The first-order valence-electron chi connectivity index (χ1n) is 13.6. The first-order valence-corrected chi connectivity index (χ1v) is 13.6. The van der Waals surface area contributed by atoms with Crippen molar-refractivity contribution in [2.45, 2.75) is 102 Å². The minimum Gasteiger partial charge on any atom is -0.302 e. The molecule has 4 fully saturated rings. The molecule has 0 N–H and O–H groups in total. The SMILES string of the molecule is C1=C\CCCCN2C[C@]34CCCCCCCCCCN(C[C@H]5C/C(=C\C/1)[C@@H]2C[C@H]53)C4. The Hall–Kier alpha value is -0.600. The second-order valence-electron chi connectivity index (χ2n) is 11.5. The predicted octanol–water partition coefficient (Wildman–Crippen LogP) is 6.58. The van der Waals surface area contributed by atoms with Crippen LogP contribution in [-0.4, -0.2) is 48.6 Å². The molecule has 0 aromatic heterocycles. The Balaban J connectivity index is 1.42. The van der Waals surface area contributed by atoms with E-state index in [1.807, 2.05) is 5.57 Å². The van der Waals surface area contributed by atoms with Crippen LogP contribution in [0.25, 0.3) is 0 Å². The van der Waals surface area contributed by atoms with Gasteiger partial charge in [0.1, 0.15) is 0 Å². The van der Waals surface area contributed by atoms with Gasteiger partial charge in [-0.3, -0.25) is 4.90 Å². The Kier molecular flexibility index (Phi) is 7.02. The molecule has 0 radical (unpaired) electrons. The van der Waals surface area contributed by atoms with Crippen molar-refractivity contribution < 1.29 is 0 Å². The second-order valence-corrected chi connectivity index (χ2v) is 11.5. The smallest absolute Gasteiger partial charge is 0.0310 e. The summed E-state index contributed by atoms with van der Waals surface area (Å²) in [6.07, 6.45) is 28.9. The van der Waals surface area contributed by atoms with Gasteiger partial charge >= 0.3 is 0 Å². The fourth-order valence-electron chi connectivity index (χ4n) is 7.98. The molecular formula is C28H46N2. The highest BCUT2D eigenvalue weighted by atomic mass is 15.2. The molecule has 2 heteroatoms. The van der Waals surface area contributed by atoms with Crippen LogP contribution >= 0.6 is 0 Å². The predicted molar refractivity (Wildman–Crippen MR) is 128 cm³/mol. The van der Waals surface area contributed by atoms with Gasteiger partial charge in [0.2, 0.25) is 0 Å². The molecule has 1 unspecified atom stereocenters.